The van der Waals surface area contributed by atoms with Crippen LogP contribution in [-0.2, 0) is 9.59 Å². The highest BCUT2D eigenvalue weighted by Gasteiger charge is 2.52. The zero-order valence-electron chi connectivity index (χ0n) is 12.2. The Kier molecular flexibility index (Phi) is 3.75. The number of likely N-dealkylation sites (tertiary alicyclic amines) is 1. The molecule has 0 saturated carbocycles. The fourth-order valence-corrected chi connectivity index (χ4v) is 4.88. The lowest BCUT2D eigenvalue weighted by Crippen LogP contribution is -2.68. The second-order valence-electron chi connectivity index (χ2n) is 6.48. The number of carboxylic acids is 1. The van der Waals surface area contributed by atoms with Gasteiger partial charge in [-0.3, -0.25) is 9.69 Å². The average Bonchev–Trinajstić information content (AvgIpc) is 2.46. The van der Waals surface area contributed by atoms with Crippen LogP contribution in [0, 0.1) is 0 Å². The quantitative estimate of drug-likeness (QED) is 0.574. The Bertz CT molecular complexity index is 514. The molecule has 3 N–H and O–H groups in total. The lowest BCUT2D eigenvalue weighted by atomic mass is 10.0. The number of β-lactam (4-membered cyclic amide) rings is 1. The van der Waals surface area contributed by atoms with E-state index in [-0.39, 0.29) is 17.0 Å². The summed E-state index contributed by atoms with van der Waals surface area (Å²) in [5, 5.41) is 9.34. The summed E-state index contributed by atoms with van der Waals surface area (Å²) in [5.41, 5.74) is 6.84. The van der Waals surface area contributed by atoms with Crippen molar-refractivity contribution in [3.8, 4) is 0 Å². The van der Waals surface area contributed by atoms with Crippen LogP contribution in [0.15, 0.2) is 11.3 Å². The fourth-order valence-electron chi connectivity index (χ4n) is 3.60. The van der Waals surface area contributed by atoms with Gasteiger partial charge in [0.15, 0.2) is 0 Å². The van der Waals surface area contributed by atoms with E-state index in [4.69, 9.17) is 5.73 Å². The van der Waals surface area contributed by atoms with E-state index in [9.17, 15) is 14.7 Å². The van der Waals surface area contributed by atoms with E-state index >= 15 is 0 Å². The van der Waals surface area contributed by atoms with E-state index in [1.807, 2.05) is 0 Å². The summed E-state index contributed by atoms with van der Waals surface area (Å²) in [6, 6.07) is -0.550. The Morgan fingerprint density at radius 2 is 2.10 bits per heavy atom. The Balaban J connectivity index is 1.87. The standard InChI is InChI=1S/C14H21N3O3S/c1-17(5-3-2-4-6-17)7-9-8-21-13-10(15)12(18)16(13)11(9)14(19)20/h10,13H,2-8,15H2,1H3/p+1. The van der Waals surface area contributed by atoms with Crippen molar-refractivity contribution in [1.29, 1.82) is 0 Å². The molecule has 2 fully saturated rings. The van der Waals surface area contributed by atoms with Crippen LogP contribution in [0.4, 0.5) is 0 Å². The third-order valence-electron chi connectivity index (χ3n) is 4.76. The highest BCUT2D eigenvalue weighted by molar-refractivity contribution is 8.00. The highest BCUT2D eigenvalue weighted by atomic mass is 32.2. The molecule has 0 aromatic carbocycles. The molecule has 3 aliphatic heterocycles. The zero-order chi connectivity index (χ0) is 15.2. The number of nitrogens with zero attached hydrogens (tertiary/aromatic N) is 2. The molecule has 6 nitrogen and oxygen atoms in total. The van der Waals surface area contributed by atoms with Gasteiger partial charge >= 0.3 is 5.97 Å². The maximum atomic E-state index is 11.9. The van der Waals surface area contributed by atoms with E-state index in [2.05, 4.69) is 7.05 Å². The highest BCUT2D eigenvalue weighted by Crippen LogP contribution is 2.40. The molecule has 1 amide bonds. The minimum atomic E-state index is -1.00. The molecule has 2 unspecified atom stereocenters. The Labute approximate surface area is 128 Å². The number of aliphatic carboxylic acids is 1. The summed E-state index contributed by atoms with van der Waals surface area (Å²) in [4.78, 5) is 25.0. The first-order valence-electron chi connectivity index (χ1n) is 7.42. The van der Waals surface area contributed by atoms with Gasteiger partial charge in [0, 0.05) is 11.3 Å². The van der Waals surface area contributed by atoms with Gasteiger partial charge in [0.05, 0.1) is 20.1 Å². The van der Waals surface area contributed by atoms with E-state index in [1.54, 1.807) is 11.8 Å². The normalized spacial score (nSPS) is 31.7. The van der Waals surface area contributed by atoms with Crippen LogP contribution < -0.4 is 5.73 Å². The van der Waals surface area contributed by atoms with E-state index in [0.717, 1.165) is 29.7 Å². The zero-order valence-corrected chi connectivity index (χ0v) is 13.1. The van der Waals surface area contributed by atoms with Gasteiger partial charge in [-0.05, 0) is 19.3 Å². The van der Waals surface area contributed by atoms with Crippen molar-refractivity contribution in [2.75, 3.05) is 32.4 Å². The number of fused-ring (bicyclic) bond motifs is 1. The predicted octanol–water partition coefficient (Wildman–Crippen LogP) is 0.198. The van der Waals surface area contributed by atoms with E-state index < -0.39 is 12.0 Å². The molecule has 0 aliphatic carbocycles. The molecule has 7 heteroatoms. The van der Waals surface area contributed by atoms with Crippen LogP contribution in [0.1, 0.15) is 19.3 Å². The average molecular weight is 312 g/mol. The largest absolute Gasteiger partial charge is 0.477 e. The van der Waals surface area contributed by atoms with Gasteiger partial charge in [0.25, 0.3) is 0 Å². The van der Waals surface area contributed by atoms with Crippen LogP contribution in [0.3, 0.4) is 0 Å². The van der Waals surface area contributed by atoms with Crippen molar-refractivity contribution in [2.45, 2.75) is 30.7 Å². The summed E-state index contributed by atoms with van der Waals surface area (Å²) >= 11 is 1.59. The van der Waals surface area contributed by atoms with Crippen molar-refractivity contribution < 1.29 is 19.2 Å². The van der Waals surface area contributed by atoms with Crippen LogP contribution >= 0.6 is 11.8 Å². The summed E-state index contributed by atoms with van der Waals surface area (Å²) < 4.78 is 0.880. The first-order chi connectivity index (χ1) is 9.93. The van der Waals surface area contributed by atoms with Gasteiger partial charge in [-0.25, -0.2) is 4.79 Å². The van der Waals surface area contributed by atoms with E-state index in [1.165, 1.54) is 24.2 Å². The third-order valence-corrected chi connectivity index (χ3v) is 6.12. The Morgan fingerprint density at radius 3 is 2.71 bits per heavy atom. The smallest absolute Gasteiger partial charge is 0.352 e. The van der Waals surface area contributed by atoms with Gasteiger partial charge in [-0.15, -0.1) is 11.8 Å². The summed E-state index contributed by atoms with van der Waals surface area (Å²) in [6.07, 6.45) is 3.64. The van der Waals surface area contributed by atoms with Crippen molar-refractivity contribution >= 4 is 23.6 Å². The molecule has 2 saturated heterocycles. The number of carbonyl (C=O) groups excluding carboxylic acids is 1. The second kappa shape index (κ2) is 5.30. The molecule has 21 heavy (non-hydrogen) atoms. The number of carbonyl (C=O) groups is 2. The Morgan fingerprint density at radius 1 is 1.43 bits per heavy atom. The van der Waals surface area contributed by atoms with Gasteiger partial charge in [0.1, 0.15) is 23.7 Å². The maximum Gasteiger partial charge on any atom is 0.352 e. The number of hydrogen-bond acceptors (Lipinski definition) is 4. The van der Waals surface area contributed by atoms with Crippen LogP contribution in [-0.4, -0.2) is 70.2 Å². The summed E-state index contributed by atoms with van der Waals surface area (Å²) in [6.45, 7) is 2.89. The lowest BCUT2D eigenvalue weighted by Gasteiger charge is -2.49. The molecule has 2 atom stereocenters. The minimum Gasteiger partial charge on any atom is -0.477 e. The fraction of sp³-hybridized carbons (Fsp3) is 0.714. The Hall–Kier alpha value is -1.05. The molecule has 0 spiro atoms. The summed E-state index contributed by atoms with van der Waals surface area (Å²) in [5.74, 6) is -0.597. The number of nitrogens with two attached hydrogens (primary N) is 1. The van der Waals surface area contributed by atoms with Crippen LogP contribution in [0.25, 0.3) is 0 Å². The summed E-state index contributed by atoms with van der Waals surface area (Å²) in [7, 11) is 2.19. The van der Waals surface area contributed by atoms with Crippen molar-refractivity contribution in [3.05, 3.63) is 11.3 Å². The van der Waals surface area contributed by atoms with E-state index in [0.29, 0.717) is 5.75 Å². The number of carboxylic acid groups (broad SMARTS) is 1. The molecule has 3 rings (SSSR count). The number of thioether (sulfide) groups is 1. The number of piperidine rings is 1. The topological polar surface area (TPSA) is 83.6 Å². The minimum absolute atomic E-state index is 0.190. The second-order valence-corrected chi connectivity index (χ2v) is 7.58. The molecule has 0 aromatic heterocycles. The molecule has 3 aliphatic rings. The number of likely N-dealkylation sites (N-methyl/N-ethyl adjacent to an activating group) is 1. The molecule has 0 bridgehead atoms. The molecule has 116 valence electrons. The predicted molar refractivity (Wildman–Crippen MR) is 80.4 cm³/mol. The van der Waals surface area contributed by atoms with Gasteiger partial charge in [0.2, 0.25) is 5.91 Å². The molecular formula is C14H22N3O3S+. The molecule has 0 aromatic rings. The molecular weight excluding hydrogens is 290 g/mol. The van der Waals surface area contributed by atoms with Crippen LogP contribution in [0.2, 0.25) is 0 Å². The lowest BCUT2D eigenvalue weighted by molar-refractivity contribution is -0.909. The van der Waals surface area contributed by atoms with Gasteiger partial charge < -0.3 is 15.3 Å². The monoisotopic (exact) mass is 312 g/mol. The molecule has 0 radical (unpaired) electrons. The maximum absolute atomic E-state index is 11.9. The number of hydrogen-bond donors (Lipinski definition) is 2. The van der Waals surface area contributed by atoms with Crippen molar-refractivity contribution in [2.24, 2.45) is 5.73 Å². The van der Waals surface area contributed by atoms with Crippen LogP contribution in [0.5, 0.6) is 0 Å². The number of amides is 1. The van der Waals surface area contributed by atoms with Gasteiger partial charge in [-0.1, -0.05) is 0 Å². The first-order valence-corrected chi connectivity index (χ1v) is 8.47. The SMILES string of the molecule is C[N+]1(CC2=C(C(=O)O)N3C(=O)C(N)C3SC2)CCCCC1. The molecule has 3 heterocycles. The first kappa shape index (κ1) is 14.9. The van der Waals surface area contributed by atoms with Crippen molar-refractivity contribution in [3.63, 3.8) is 0 Å². The number of rotatable bonds is 3. The van der Waals surface area contributed by atoms with Crippen molar-refractivity contribution in [1.82, 2.24) is 4.90 Å². The number of quaternary nitrogens is 1. The third kappa shape index (κ3) is 2.47. The van der Waals surface area contributed by atoms with Gasteiger partial charge in [-0.2, -0.15) is 0 Å².